The highest BCUT2D eigenvalue weighted by Crippen LogP contribution is 2.33. The van der Waals surface area contributed by atoms with Crippen molar-refractivity contribution in [1.82, 2.24) is 14.8 Å². The SMILES string of the molecule is CCn1nc(C)c(N)c1Sc1nc(C)co1. The van der Waals surface area contributed by atoms with Crippen LogP contribution in [0.25, 0.3) is 0 Å². The third kappa shape index (κ3) is 1.92. The van der Waals surface area contributed by atoms with Crippen molar-refractivity contribution in [2.24, 2.45) is 0 Å². The molecular weight excluding hydrogens is 224 g/mol. The molecule has 0 atom stereocenters. The van der Waals surface area contributed by atoms with Crippen molar-refractivity contribution >= 4 is 17.4 Å². The first-order chi connectivity index (χ1) is 7.61. The molecule has 0 fully saturated rings. The lowest BCUT2D eigenvalue weighted by atomic mass is 10.4. The highest BCUT2D eigenvalue weighted by molar-refractivity contribution is 7.99. The third-order valence-corrected chi connectivity index (χ3v) is 3.19. The summed E-state index contributed by atoms with van der Waals surface area (Å²) in [6.45, 7) is 6.59. The minimum absolute atomic E-state index is 0.596. The largest absolute Gasteiger partial charge is 0.439 e. The summed E-state index contributed by atoms with van der Waals surface area (Å²) >= 11 is 1.40. The summed E-state index contributed by atoms with van der Waals surface area (Å²) in [5.41, 5.74) is 8.36. The van der Waals surface area contributed by atoms with Crippen LogP contribution in [0.5, 0.6) is 0 Å². The zero-order chi connectivity index (χ0) is 11.7. The summed E-state index contributed by atoms with van der Waals surface area (Å²) in [6.07, 6.45) is 1.62. The van der Waals surface area contributed by atoms with Crippen molar-refractivity contribution in [3.63, 3.8) is 0 Å². The van der Waals surface area contributed by atoms with Crippen LogP contribution in [-0.4, -0.2) is 14.8 Å². The molecule has 0 spiro atoms. The summed E-state index contributed by atoms with van der Waals surface area (Å²) in [4.78, 5) is 4.23. The van der Waals surface area contributed by atoms with E-state index in [0.717, 1.165) is 23.0 Å². The number of aryl methyl sites for hydroxylation is 3. The van der Waals surface area contributed by atoms with E-state index in [1.807, 2.05) is 25.5 Å². The van der Waals surface area contributed by atoms with E-state index in [4.69, 9.17) is 10.2 Å². The monoisotopic (exact) mass is 238 g/mol. The molecule has 0 amide bonds. The van der Waals surface area contributed by atoms with E-state index in [0.29, 0.717) is 10.9 Å². The number of anilines is 1. The van der Waals surface area contributed by atoms with Gasteiger partial charge >= 0.3 is 0 Å². The molecule has 2 N–H and O–H groups in total. The van der Waals surface area contributed by atoms with E-state index < -0.39 is 0 Å². The molecule has 2 aromatic rings. The molecule has 2 aromatic heterocycles. The minimum Gasteiger partial charge on any atom is -0.439 e. The number of nitrogens with zero attached hydrogens (tertiary/aromatic N) is 3. The molecule has 0 aromatic carbocycles. The van der Waals surface area contributed by atoms with Crippen LogP contribution in [0.15, 0.2) is 20.9 Å². The first-order valence-corrected chi connectivity index (χ1v) is 5.86. The van der Waals surface area contributed by atoms with Crippen LogP contribution in [0, 0.1) is 13.8 Å². The zero-order valence-corrected chi connectivity index (χ0v) is 10.3. The van der Waals surface area contributed by atoms with Crippen LogP contribution in [0.3, 0.4) is 0 Å². The number of nitrogens with two attached hydrogens (primary N) is 1. The zero-order valence-electron chi connectivity index (χ0n) is 9.52. The second-order valence-corrected chi connectivity index (χ2v) is 4.42. The Balaban J connectivity index is 2.33. The van der Waals surface area contributed by atoms with Gasteiger partial charge in [-0.1, -0.05) is 0 Å². The van der Waals surface area contributed by atoms with Crippen molar-refractivity contribution in [3.05, 3.63) is 17.7 Å². The number of hydrogen-bond donors (Lipinski definition) is 1. The smallest absolute Gasteiger partial charge is 0.262 e. The second-order valence-electron chi connectivity index (χ2n) is 3.48. The van der Waals surface area contributed by atoms with Crippen molar-refractivity contribution in [2.45, 2.75) is 37.6 Å². The van der Waals surface area contributed by atoms with E-state index in [2.05, 4.69) is 10.1 Å². The summed E-state index contributed by atoms with van der Waals surface area (Å²) in [5.74, 6) is 0. The van der Waals surface area contributed by atoms with E-state index in [-0.39, 0.29) is 0 Å². The molecule has 0 aliphatic carbocycles. The van der Waals surface area contributed by atoms with Gasteiger partial charge in [0.15, 0.2) is 0 Å². The predicted octanol–water partition coefficient (Wildman–Crippen LogP) is 2.24. The van der Waals surface area contributed by atoms with Gasteiger partial charge in [-0.05, 0) is 32.5 Å². The molecular formula is C10H14N4OS. The highest BCUT2D eigenvalue weighted by atomic mass is 32.2. The summed E-state index contributed by atoms with van der Waals surface area (Å²) in [6, 6.07) is 0. The fourth-order valence-electron chi connectivity index (χ4n) is 1.36. The molecule has 5 nitrogen and oxygen atoms in total. The minimum atomic E-state index is 0.596. The molecule has 0 aliphatic heterocycles. The molecule has 2 heterocycles. The Hall–Kier alpha value is -1.43. The molecule has 0 saturated heterocycles. The molecule has 0 saturated carbocycles. The molecule has 16 heavy (non-hydrogen) atoms. The van der Waals surface area contributed by atoms with Gasteiger partial charge in [0.1, 0.15) is 11.3 Å². The lowest BCUT2D eigenvalue weighted by Gasteiger charge is -2.01. The maximum Gasteiger partial charge on any atom is 0.262 e. The van der Waals surface area contributed by atoms with E-state index >= 15 is 0 Å². The van der Waals surface area contributed by atoms with Gasteiger partial charge in [0, 0.05) is 6.54 Å². The number of oxazole rings is 1. The number of nitrogen functional groups attached to an aromatic ring is 1. The molecule has 6 heteroatoms. The Bertz CT molecular complexity index is 503. The Morgan fingerprint density at radius 1 is 1.50 bits per heavy atom. The Kier molecular flexibility index (Phi) is 2.91. The molecule has 2 rings (SSSR count). The van der Waals surface area contributed by atoms with Crippen LogP contribution in [-0.2, 0) is 6.54 Å². The third-order valence-electron chi connectivity index (χ3n) is 2.21. The van der Waals surface area contributed by atoms with E-state index in [1.165, 1.54) is 11.8 Å². The highest BCUT2D eigenvalue weighted by Gasteiger charge is 2.15. The van der Waals surface area contributed by atoms with Gasteiger partial charge in [-0.15, -0.1) is 0 Å². The van der Waals surface area contributed by atoms with E-state index in [1.54, 1.807) is 6.26 Å². The van der Waals surface area contributed by atoms with Crippen LogP contribution >= 0.6 is 11.8 Å². The van der Waals surface area contributed by atoms with Gasteiger partial charge in [0.25, 0.3) is 5.22 Å². The predicted molar refractivity (Wildman–Crippen MR) is 62.4 cm³/mol. The van der Waals surface area contributed by atoms with Crippen LogP contribution in [0.4, 0.5) is 5.69 Å². The quantitative estimate of drug-likeness (QED) is 0.888. The molecule has 0 bridgehead atoms. The summed E-state index contributed by atoms with van der Waals surface area (Å²) in [7, 11) is 0. The first kappa shape index (κ1) is 11.1. The Morgan fingerprint density at radius 2 is 2.25 bits per heavy atom. The Morgan fingerprint density at radius 3 is 2.81 bits per heavy atom. The average molecular weight is 238 g/mol. The molecule has 0 aliphatic rings. The van der Waals surface area contributed by atoms with Gasteiger partial charge in [0.2, 0.25) is 0 Å². The maximum absolute atomic E-state index is 5.96. The standard InChI is InChI=1S/C10H14N4OS/c1-4-14-9(8(11)7(3)13-14)16-10-12-6(2)5-15-10/h5H,4,11H2,1-3H3. The number of aromatic nitrogens is 3. The second kappa shape index (κ2) is 4.21. The van der Waals surface area contributed by atoms with Gasteiger partial charge in [-0.3, -0.25) is 4.68 Å². The normalized spacial score (nSPS) is 10.9. The van der Waals surface area contributed by atoms with Crippen molar-refractivity contribution in [2.75, 3.05) is 5.73 Å². The molecule has 0 radical (unpaired) electrons. The van der Waals surface area contributed by atoms with Crippen LogP contribution in [0.2, 0.25) is 0 Å². The number of rotatable bonds is 3. The van der Waals surface area contributed by atoms with Gasteiger partial charge in [-0.25, -0.2) is 4.98 Å². The van der Waals surface area contributed by atoms with Crippen molar-refractivity contribution in [3.8, 4) is 0 Å². The Labute approximate surface area is 98.0 Å². The first-order valence-electron chi connectivity index (χ1n) is 5.04. The topological polar surface area (TPSA) is 69.9 Å². The lowest BCUT2D eigenvalue weighted by Crippen LogP contribution is -1.98. The molecule has 0 unspecified atom stereocenters. The fraction of sp³-hybridized carbons (Fsp3) is 0.400. The van der Waals surface area contributed by atoms with Crippen molar-refractivity contribution < 1.29 is 4.42 Å². The van der Waals surface area contributed by atoms with Gasteiger partial charge in [-0.2, -0.15) is 5.10 Å². The number of hydrogen-bond acceptors (Lipinski definition) is 5. The average Bonchev–Trinajstić information content (AvgIpc) is 2.77. The van der Waals surface area contributed by atoms with Crippen molar-refractivity contribution in [1.29, 1.82) is 0 Å². The van der Waals surface area contributed by atoms with Gasteiger partial charge in [0.05, 0.1) is 17.1 Å². The van der Waals surface area contributed by atoms with Crippen LogP contribution in [0.1, 0.15) is 18.3 Å². The fourth-order valence-corrected chi connectivity index (χ4v) is 2.34. The summed E-state index contributed by atoms with van der Waals surface area (Å²) in [5, 5.41) is 5.82. The summed E-state index contributed by atoms with van der Waals surface area (Å²) < 4.78 is 7.14. The van der Waals surface area contributed by atoms with Gasteiger partial charge < -0.3 is 10.2 Å². The maximum atomic E-state index is 5.96. The van der Waals surface area contributed by atoms with Crippen LogP contribution < -0.4 is 5.73 Å². The molecule has 86 valence electrons. The van der Waals surface area contributed by atoms with E-state index in [9.17, 15) is 0 Å². The lowest BCUT2D eigenvalue weighted by molar-refractivity contribution is 0.452.